The van der Waals surface area contributed by atoms with Crippen LogP contribution in [0.3, 0.4) is 0 Å². The third-order valence-electron chi connectivity index (χ3n) is 3.58. The van der Waals surface area contributed by atoms with E-state index in [4.69, 9.17) is 4.74 Å². The standard InChI is InChI=1S/C16H19N3O/c1-11-9-12(10-19-13-4-5-13)3-6-14(11)15-16(20-2)18-8-7-17-15/h3,6-9,13,19H,4-5,10H2,1-2H3. The number of hydrogen-bond donors (Lipinski definition) is 1. The molecule has 1 fully saturated rings. The van der Waals surface area contributed by atoms with Crippen LogP contribution in [0.25, 0.3) is 11.3 Å². The molecule has 0 saturated heterocycles. The minimum Gasteiger partial charge on any atom is -0.479 e. The van der Waals surface area contributed by atoms with Crippen molar-refractivity contribution in [2.45, 2.75) is 32.4 Å². The van der Waals surface area contributed by atoms with Gasteiger partial charge in [-0.3, -0.25) is 0 Å². The summed E-state index contributed by atoms with van der Waals surface area (Å²) in [5.74, 6) is 0.569. The van der Waals surface area contributed by atoms with Crippen molar-refractivity contribution >= 4 is 0 Å². The van der Waals surface area contributed by atoms with Crippen LogP contribution in [0.4, 0.5) is 0 Å². The van der Waals surface area contributed by atoms with Gasteiger partial charge in [-0.15, -0.1) is 0 Å². The zero-order chi connectivity index (χ0) is 13.9. The molecule has 1 aliphatic carbocycles. The average Bonchev–Trinajstić information content (AvgIpc) is 3.29. The number of nitrogens with zero attached hydrogens (tertiary/aromatic N) is 2. The van der Waals surface area contributed by atoms with E-state index in [1.807, 2.05) is 0 Å². The molecule has 0 radical (unpaired) electrons. The molecule has 0 amide bonds. The molecule has 1 saturated carbocycles. The van der Waals surface area contributed by atoms with Crippen molar-refractivity contribution < 1.29 is 4.74 Å². The first-order chi connectivity index (χ1) is 9.78. The summed E-state index contributed by atoms with van der Waals surface area (Å²) in [5, 5.41) is 3.53. The van der Waals surface area contributed by atoms with E-state index in [1.165, 1.54) is 24.0 Å². The van der Waals surface area contributed by atoms with Crippen LogP contribution >= 0.6 is 0 Å². The monoisotopic (exact) mass is 269 g/mol. The van der Waals surface area contributed by atoms with E-state index in [1.54, 1.807) is 19.5 Å². The van der Waals surface area contributed by atoms with Gasteiger partial charge in [0.2, 0.25) is 5.88 Å². The van der Waals surface area contributed by atoms with Gasteiger partial charge in [0.1, 0.15) is 5.69 Å². The summed E-state index contributed by atoms with van der Waals surface area (Å²) >= 11 is 0. The van der Waals surface area contributed by atoms with E-state index in [2.05, 4.69) is 40.4 Å². The third-order valence-corrected chi connectivity index (χ3v) is 3.58. The number of aryl methyl sites for hydroxylation is 1. The molecule has 104 valence electrons. The molecule has 4 nitrogen and oxygen atoms in total. The Bertz CT molecular complexity index is 608. The predicted molar refractivity (Wildman–Crippen MR) is 78.6 cm³/mol. The molecule has 1 aromatic heterocycles. The van der Waals surface area contributed by atoms with Gasteiger partial charge in [0, 0.05) is 30.5 Å². The summed E-state index contributed by atoms with van der Waals surface area (Å²) in [6, 6.07) is 7.19. The Morgan fingerprint density at radius 2 is 2.05 bits per heavy atom. The molecular formula is C16H19N3O. The van der Waals surface area contributed by atoms with Gasteiger partial charge < -0.3 is 10.1 Å². The number of hydrogen-bond acceptors (Lipinski definition) is 4. The number of nitrogens with one attached hydrogen (secondary N) is 1. The molecule has 1 aromatic carbocycles. The van der Waals surface area contributed by atoms with Crippen LogP contribution < -0.4 is 10.1 Å². The number of aromatic nitrogens is 2. The van der Waals surface area contributed by atoms with Gasteiger partial charge in [-0.1, -0.05) is 18.2 Å². The van der Waals surface area contributed by atoms with Crippen LogP contribution in [0.2, 0.25) is 0 Å². The number of methoxy groups -OCH3 is 1. The minimum absolute atomic E-state index is 0.569. The van der Waals surface area contributed by atoms with Gasteiger partial charge in [-0.2, -0.15) is 0 Å². The maximum absolute atomic E-state index is 5.29. The lowest BCUT2D eigenvalue weighted by Gasteiger charge is -2.11. The second-order valence-corrected chi connectivity index (χ2v) is 5.22. The second-order valence-electron chi connectivity index (χ2n) is 5.22. The smallest absolute Gasteiger partial charge is 0.240 e. The summed E-state index contributed by atoms with van der Waals surface area (Å²) in [5.41, 5.74) is 4.37. The summed E-state index contributed by atoms with van der Waals surface area (Å²) in [7, 11) is 1.62. The number of ether oxygens (including phenoxy) is 1. The minimum atomic E-state index is 0.569. The molecule has 0 atom stereocenters. The van der Waals surface area contributed by atoms with Crippen LogP contribution in [0.15, 0.2) is 30.6 Å². The number of rotatable bonds is 5. The van der Waals surface area contributed by atoms with E-state index in [0.717, 1.165) is 23.8 Å². The number of benzene rings is 1. The molecule has 3 rings (SSSR count). The quantitative estimate of drug-likeness (QED) is 0.906. The van der Waals surface area contributed by atoms with Crippen LogP contribution in [-0.2, 0) is 6.54 Å². The maximum atomic E-state index is 5.29. The molecule has 2 aromatic rings. The molecule has 4 heteroatoms. The van der Waals surface area contributed by atoms with Gasteiger partial charge in [-0.25, -0.2) is 9.97 Å². The normalized spacial score (nSPS) is 14.3. The van der Waals surface area contributed by atoms with Crippen LogP contribution in [0.5, 0.6) is 5.88 Å². The fraction of sp³-hybridized carbons (Fsp3) is 0.375. The second kappa shape index (κ2) is 5.59. The van der Waals surface area contributed by atoms with E-state index < -0.39 is 0 Å². The van der Waals surface area contributed by atoms with Crippen molar-refractivity contribution in [2.75, 3.05) is 7.11 Å². The van der Waals surface area contributed by atoms with E-state index in [-0.39, 0.29) is 0 Å². The van der Waals surface area contributed by atoms with Crippen molar-refractivity contribution in [1.29, 1.82) is 0 Å². The van der Waals surface area contributed by atoms with Crippen LogP contribution in [-0.4, -0.2) is 23.1 Å². The third kappa shape index (κ3) is 2.80. The molecule has 1 heterocycles. The van der Waals surface area contributed by atoms with Crippen molar-refractivity contribution in [2.24, 2.45) is 0 Å². The Balaban J connectivity index is 1.85. The van der Waals surface area contributed by atoms with Gasteiger partial charge in [0.15, 0.2) is 0 Å². The largest absolute Gasteiger partial charge is 0.479 e. The van der Waals surface area contributed by atoms with E-state index >= 15 is 0 Å². The molecule has 20 heavy (non-hydrogen) atoms. The highest BCUT2D eigenvalue weighted by Crippen LogP contribution is 2.28. The SMILES string of the molecule is COc1nccnc1-c1ccc(CNC2CC2)cc1C. The van der Waals surface area contributed by atoms with E-state index in [9.17, 15) is 0 Å². The first-order valence-electron chi connectivity index (χ1n) is 6.96. The Hall–Kier alpha value is -1.94. The lowest BCUT2D eigenvalue weighted by molar-refractivity contribution is 0.397. The summed E-state index contributed by atoms with van der Waals surface area (Å²) in [4.78, 5) is 8.60. The zero-order valence-electron chi connectivity index (χ0n) is 11.9. The Morgan fingerprint density at radius 1 is 1.25 bits per heavy atom. The van der Waals surface area contributed by atoms with Gasteiger partial charge >= 0.3 is 0 Å². The maximum Gasteiger partial charge on any atom is 0.240 e. The topological polar surface area (TPSA) is 47.0 Å². The van der Waals surface area contributed by atoms with Crippen LogP contribution in [0.1, 0.15) is 24.0 Å². The molecular weight excluding hydrogens is 250 g/mol. The molecule has 0 bridgehead atoms. The Kier molecular flexibility index (Phi) is 3.65. The predicted octanol–water partition coefficient (Wildman–Crippen LogP) is 2.71. The van der Waals surface area contributed by atoms with E-state index in [0.29, 0.717) is 5.88 Å². The van der Waals surface area contributed by atoms with Crippen molar-refractivity contribution in [1.82, 2.24) is 15.3 Å². The highest BCUT2D eigenvalue weighted by atomic mass is 16.5. The summed E-state index contributed by atoms with van der Waals surface area (Å²) in [6.45, 7) is 3.04. The van der Waals surface area contributed by atoms with Gasteiger partial charge in [0.25, 0.3) is 0 Å². The highest BCUT2D eigenvalue weighted by Gasteiger charge is 2.20. The lowest BCUT2D eigenvalue weighted by atomic mass is 10.0. The first kappa shape index (κ1) is 13.1. The zero-order valence-corrected chi connectivity index (χ0v) is 11.9. The molecule has 0 spiro atoms. The first-order valence-corrected chi connectivity index (χ1v) is 6.96. The Labute approximate surface area is 119 Å². The van der Waals surface area contributed by atoms with Gasteiger partial charge in [0.05, 0.1) is 7.11 Å². The fourth-order valence-electron chi connectivity index (χ4n) is 2.31. The highest BCUT2D eigenvalue weighted by molar-refractivity contribution is 5.68. The summed E-state index contributed by atoms with van der Waals surface area (Å²) < 4.78 is 5.29. The molecule has 1 aliphatic rings. The molecule has 0 unspecified atom stereocenters. The Morgan fingerprint density at radius 3 is 2.75 bits per heavy atom. The van der Waals surface area contributed by atoms with Crippen molar-refractivity contribution in [3.8, 4) is 17.1 Å². The fourth-order valence-corrected chi connectivity index (χ4v) is 2.31. The average molecular weight is 269 g/mol. The van der Waals surface area contributed by atoms with Crippen LogP contribution in [0, 0.1) is 6.92 Å². The summed E-state index contributed by atoms with van der Waals surface area (Å²) in [6.07, 6.45) is 5.97. The molecule has 0 aliphatic heterocycles. The lowest BCUT2D eigenvalue weighted by Crippen LogP contribution is -2.15. The van der Waals surface area contributed by atoms with Crippen molar-refractivity contribution in [3.05, 3.63) is 41.7 Å². The molecule has 1 N–H and O–H groups in total. The van der Waals surface area contributed by atoms with Gasteiger partial charge in [-0.05, 0) is 30.9 Å². The van der Waals surface area contributed by atoms with Crippen molar-refractivity contribution in [3.63, 3.8) is 0 Å².